The van der Waals surface area contributed by atoms with Crippen molar-refractivity contribution in [3.63, 3.8) is 0 Å². The van der Waals surface area contributed by atoms with E-state index < -0.39 is 40.8 Å². The normalized spacial score (nSPS) is 18.8. The van der Waals surface area contributed by atoms with Gasteiger partial charge in [-0.15, -0.1) is 0 Å². The summed E-state index contributed by atoms with van der Waals surface area (Å²) >= 11 is 14.2. The maximum atomic E-state index is 14.3. The minimum absolute atomic E-state index is 0.115. The van der Waals surface area contributed by atoms with Gasteiger partial charge in [0.1, 0.15) is 11.8 Å². The smallest absolute Gasteiger partial charge is 0.338 e. The van der Waals surface area contributed by atoms with Gasteiger partial charge >= 0.3 is 10.8 Å². The van der Waals surface area contributed by atoms with E-state index in [1.807, 2.05) is 24.3 Å². The Morgan fingerprint density at radius 2 is 1.60 bits per heavy atom. The van der Waals surface area contributed by atoms with Gasteiger partial charge in [0.05, 0.1) is 38.8 Å². The van der Waals surface area contributed by atoms with E-state index in [-0.39, 0.29) is 28.5 Å². The molecule has 0 unspecified atom stereocenters. The molecule has 3 amide bonds. The van der Waals surface area contributed by atoms with Crippen LogP contribution in [0.1, 0.15) is 60.0 Å². The highest BCUT2D eigenvalue weighted by Crippen LogP contribution is 2.54. The fraction of sp³-hybridized carbons (Fsp3) is 0.286. The molecule has 0 aliphatic carbocycles. The fourth-order valence-electron chi connectivity index (χ4n) is 5.94. The number of amides is 3. The van der Waals surface area contributed by atoms with Gasteiger partial charge in [0, 0.05) is 16.5 Å². The lowest BCUT2D eigenvalue weighted by molar-refractivity contribution is -0.122. The lowest BCUT2D eigenvalue weighted by Gasteiger charge is -2.31. The summed E-state index contributed by atoms with van der Waals surface area (Å²) in [5.74, 6) is -3.24. The van der Waals surface area contributed by atoms with Gasteiger partial charge in [-0.1, -0.05) is 91.3 Å². The first-order valence-corrected chi connectivity index (χ1v) is 17.6. The van der Waals surface area contributed by atoms with Gasteiger partial charge in [0.15, 0.2) is 0 Å². The summed E-state index contributed by atoms with van der Waals surface area (Å²) in [7, 11) is 0. The number of imide groups is 1. The lowest BCUT2D eigenvalue weighted by atomic mass is 9.81. The van der Waals surface area contributed by atoms with Gasteiger partial charge in [-0.25, -0.2) is 9.69 Å². The first-order valence-electron chi connectivity index (χ1n) is 15.2. The summed E-state index contributed by atoms with van der Waals surface area (Å²) in [6.07, 6.45) is 0. The number of halogens is 2. The molecule has 1 aromatic heterocycles. The standard InChI is InChI=1S/C35H31Cl2N3O6S2/c1-5-46-33(44)19-8-13-22(14-9-19)40-30(42)27-26(18-6-10-20(11-7-18)35(2,3)4)29-32(47-28(27)31(40)43)39(34(45)48-29)17-25(41)38-21-12-15-23(36)24(37)16-21/h6-16,26-28H,5,17H2,1-4H3,(H,38,41)/t26-,27-,28+/m0/s1. The Balaban J connectivity index is 1.38. The van der Waals surface area contributed by atoms with E-state index in [2.05, 4.69) is 26.1 Å². The topological polar surface area (TPSA) is 115 Å². The van der Waals surface area contributed by atoms with Gasteiger partial charge < -0.3 is 10.1 Å². The highest BCUT2D eigenvalue weighted by atomic mass is 35.5. The molecule has 3 heterocycles. The van der Waals surface area contributed by atoms with Gasteiger partial charge in [0.25, 0.3) is 0 Å². The van der Waals surface area contributed by atoms with Crippen molar-refractivity contribution in [1.29, 1.82) is 0 Å². The number of aromatic nitrogens is 1. The maximum absolute atomic E-state index is 14.3. The van der Waals surface area contributed by atoms with E-state index in [0.29, 0.717) is 31.9 Å². The Bertz CT molecular complexity index is 2000. The van der Waals surface area contributed by atoms with E-state index >= 15 is 0 Å². The zero-order valence-corrected chi connectivity index (χ0v) is 29.6. The molecule has 0 saturated carbocycles. The Hall–Kier alpha value is -3.90. The van der Waals surface area contributed by atoms with Crippen molar-refractivity contribution in [2.24, 2.45) is 5.92 Å². The molecular formula is C35H31Cl2N3O6S2. The number of hydrogen-bond acceptors (Lipinski definition) is 8. The number of thiazole rings is 1. The number of nitrogens with zero attached hydrogens (tertiary/aromatic N) is 2. The number of ether oxygens (including phenoxy) is 1. The average molecular weight is 725 g/mol. The Labute approximate surface area is 295 Å². The summed E-state index contributed by atoms with van der Waals surface area (Å²) in [6, 6.07) is 18.7. The molecule has 0 radical (unpaired) electrons. The van der Waals surface area contributed by atoms with Crippen LogP contribution < -0.4 is 15.1 Å². The summed E-state index contributed by atoms with van der Waals surface area (Å²) in [5, 5.41) is 2.97. The molecule has 6 rings (SSSR count). The van der Waals surface area contributed by atoms with Crippen LogP contribution in [0.2, 0.25) is 10.0 Å². The number of carbonyl (C=O) groups excluding carboxylic acids is 4. The van der Waals surface area contributed by atoms with Crippen molar-refractivity contribution < 1.29 is 23.9 Å². The second-order valence-electron chi connectivity index (χ2n) is 12.5. The number of rotatable bonds is 7. The minimum Gasteiger partial charge on any atom is -0.462 e. The van der Waals surface area contributed by atoms with E-state index in [4.69, 9.17) is 27.9 Å². The molecule has 3 aromatic carbocycles. The zero-order valence-electron chi connectivity index (χ0n) is 26.4. The molecule has 9 nitrogen and oxygen atoms in total. The number of anilines is 2. The highest BCUT2D eigenvalue weighted by molar-refractivity contribution is 8.00. The number of benzene rings is 3. The molecule has 2 aliphatic heterocycles. The zero-order chi connectivity index (χ0) is 34.5. The molecule has 0 bridgehead atoms. The molecule has 1 N–H and O–H groups in total. The molecule has 3 atom stereocenters. The quantitative estimate of drug-likeness (QED) is 0.159. The average Bonchev–Trinajstić information content (AvgIpc) is 3.48. The number of fused-ring (bicyclic) bond motifs is 2. The molecule has 13 heteroatoms. The fourth-order valence-corrected chi connectivity index (χ4v) is 9.01. The van der Waals surface area contributed by atoms with Crippen LogP contribution in [0.15, 0.2) is 76.6 Å². The van der Waals surface area contributed by atoms with E-state index in [9.17, 15) is 24.0 Å². The number of nitrogens with one attached hydrogen (secondary N) is 1. The van der Waals surface area contributed by atoms with Gasteiger partial charge in [-0.05, 0) is 65.9 Å². The summed E-state index contributed by atoms with van der Waals surface area (Å²) in [5.41, 5.74) is 2.81. The number of esters is 1. The maximum Gasteiger partial charge on any atom is 0.338 e. The van der Waals surface area contributed by atoms with Gasteiger partial charge in [-0.2, -0.15) is 0 Å². The van der Waals surface area contributed by atoms with Crippen LogP contribution in [0.25, 0.3) is 0 Å². The molecular weight excluding hydrogens is 693 g/mol. The first-order chi connectivity index (χ1) is 22.8. The third-order valence-corrected chi connectivity index (χ3v) is 11.7. The Morgan fingerprint density at radius 3 is 2.23 bits per heavy atom. The predicted octanol–water partition coefficient (Wildman–Crippen LogP) is 7.13. The third-order valence-electron chi connectivity index (χ3n) is 8.33. The van der Waals surface area contributed by atoms with Crippen molar-refractivity contribution >= 4 is 81.4 Å². The monoisotopic (exact) mass is 723 g/mol. The van der Waals surface area contributed by atoms with Crippen LogP contribution in [0, 0.1) is 5.92 Å². The van der Waals surface area contributed by atoms with E-state index in [1.54, 1.807) is 31.2 Å². The van der Waals surface area contributed by atoms with E-state index in [1.165, 1.54) is 22.8 Å². The Morgan fingerprint density at radius 1 is 0.917 bits per heavy atom. The van der Waals surface area contributed by atoms with Crippen LogP contribution in [0.5, 0.6) is 0 Å². The van der Waals surface area contributed by atoms with Crippen molar-refractivity contribution in [2.75, 3.05) is 16.8 Å². The van der Waals surface area contributed by atoms with Crippen molar-refractivity contribution in [1.82, 2.24) is 4.57 Å². The van der Waals surface area contributed by atoms with Gasteiger partial charge in [-0.3, -0.25) is 23.7 Å². The summed E-state index contributed by atoms with van der Waals surface area (Å²) in [6.45, 7) is 7.92. The molecule has 1 saturated heterocycles. The molecule has 48 heavy (non-hydrogen) atoms. The van der Waals surface area contributed by atoms with Crippen molar-refractivity contribution in [3.8, 4) is 0 Å². The first kappa shape index (κ1) is 34.0. The molecule has 4 aromatic rings. The Kier molecular flexibility index (Phi) is 9.34. The largest absolute Gasteiger partial charge is 0.462 e. The summed E-state index contributed by atoms with van der Waals surface area (Å²) in [4.78, 5) is 68.6. The van der Waals surface area contributed by atoms with Crippen molar-refractivity contribution in [3.05, 3.63) is 108 Å². The lowest BCUT2D eigenvalue weighted by Crippen LogP contribution is -2.33. The SMILES string of the molecule is CCOC(=O)c1ccc(N2C(=O)[C@H]3[C@H](c4ccc(C(C)(C)C)cc4)c4sc(=O)n(CC(=O)Nc5ccc(Cl)c(Cl)c5)c4S[C@H]3C2=O)cc1. The molecule has 248 valence electrons. The van der Waals surface area contributed by atoms with Crippen LogP contribution in [-0.2, 0) is 31.1 Å². The van der Waals surface area contributed by atoms with Gasteiger partial charge in [0.2, 0.25) is 17.7 Å². The van der Waals surface area contributed by atoms with Crippen molar-refractivity contribution in [2.45, 2.75) is 55.8 Å². The number of hydrogen-bond donors (Lipinski definition) is 1. The van der Waals surface area contributed by atoms with Crippen LogP contribution in [0.3, 0.4) is 0 Å². The number of thioether (sulfide) groups is 1. The highest BCUT2D eigenvalue weighted by Gasteiger charge is 2.56. The number of carbonyl (C=O) groups is 4. The third kappa shape index (κ3) is 6.32. The molecule has 1 fully saturated rings. The summed E-state index contributed by atoms with van der Waals surface area (Å²) < 4.78 is 6.43. The second-order valence-corrected chi connectivity index (χ2v) is 15.4. The van der Waals surface area contributed by atoms with Crippen LogP contribution in [0.4, 0.5) is 11.4 Å². The molecule has 0 spiro atoms. The minimum atomic E-state index is -0.861. The molecule has 2 aliphatic rings. The van der Waals surface area contributed by atoms with Crippen LogP contribution >= 0.6 is 46.3 Å². The second kappa shape index (κ2) is 13.2. The van der Waals surface area contributed by atoms with E-state index in [0.717, 1.165) is 39.1 Å². The van der Waals surface area contributed by atoms with Crippen LogP contribution in [-0.4, -0.2) is 40.1 Å². The predicted molar refractivity (Wildman–Crippen MR) is 189 cm³/mol.